The molecule has 12 rings (SSSR count). The maximum Gasteiger partial charge on any atom is 0.0544 e. The summed E-state index contributed by atoms with van der Waals surface area (Å²) in [6.07, 6.45) is 0. The standard InChI is InChI=1S/C63H46N2/c1-63(2)59-25-11-9-23-55(59)57-41-58-56-24-10-12-26-61(56)65(62(58)42-60(57)63)53-37-31-47(32-38-53)48-19-13-20-49(39-48)50-21-14-22-54(40-50)64(51-33-27-45(28-34-51)43-15-5-3-6-16-43)52-35-29-46(30-36-52)44-17-7-4-8-18-44/h3-42H,1-2H3. The molecule has 0 saturated heterocycles. The second kappa shape index (κ2) is 15.6. The van der Waals surface area contributed by atoms with E-state index in [1.807, 2.05) is 0 Å². The fourth-order valence-electron chi connectivity index (χ4n) is 10.3. The van der Waals surface area contributed by atoms with Crippen LogP contribution in [0.4, 0.5) is 17.1 Å². The molecule has 0 N–H and O–H groups in total. The minimum Gasteiger partial charge on any atom is -0.310 e. The molecule has 0 fully saturated rings. The van der Waals surface area contributed by atoms with Gasteiger partial charge in [-0.1, -0.05) is 184 Å². The maximum atomic E-state index is 2.46. The average Bonchev–Trinajstić information content (AvgIpc) is 3.82. The van der Waals surface area contributed by atoms with Crippen molar-refractivity contribution in [2.45, 2.75) is 19.3 Å². The van der Waals surface area contributed by atoms with Crippen molar-refractivity contribution in [1.82, 2.24) is 4.57 Å². The summed E-state index contributed by atoms with van der Waals surface area (Å²) >= 11 is 0. The van der Waals surface area contributed by atoms with Gasteiger partial charge in [-0.15, -0.1) is 0 Å². The lowest BCUT2D eigenvalue weighted by Gasteiger charge is -2.26. The molecule has 0 unspecified atom stereocenters. The third-order valence-corrected chi connectivity index (χ3v) is 13.6. The molecule has 0 atom stereocenters. The predicted molar refractivity (Wildman–Crippen MR) is 275 cm³/mol. The Morgan fingerprint density at radius 3 is 1.46 bits per heavy atom. The Bertz CT molecular complexity index is 3440. The summed E-state index contributed by atoms with van der Waals surface area (Å²) in [6, 6.07) is 88.6. The highest BCUT2D eigenvalue weighted by Crippen LogP contribution is 2.51. The van der Waals surface area contributed by atoms with Gasteiger partial charge in [0.15, 0.2) is 0 Å². The molecule has 1 aliphatic carbocycles. The number of benzene rings is 10. The minimum atomic E-state index is -0.0731. The van der Waals surface area contributed by atoms with Crippen LogP contribution in [0.3, 0.4) is 0 Å². The Morgan fingerprint density at radius 2 is 0.800 bits per heavy atom. The third-order valence-electron chi connectivity index (χ3n) is 13.6. The number of rotatable bonds is 8. The van der Waals surface area contributed by atoms with E-state index in [1.165, 1.54) is 83.0 Å². The van der Waals surface area contributed by atoms with Crippen LogP contribution in [0, 0.1) is 0 Å². The van der Waals surface area contributed by atoms with Crippen LogP contribution in [0.2, 0.25) is 0 Å². The molecule has 0 saturated carbocycles. The molecule has 0 aliphatic heterocycles. The SMILES string of the molecule is CC1(C)c2ccccc2-c2cc3c4ccccc4n(-c4ccc(-c5cccc(-c6cccc(N(c7ccc(-c8ccccc8)cc7)c7ccc(-c8ccccc8)cc7)c6)c5)cc4)c3cc21. The van der Waals surface area contributed by atoms with Gasteiger partial charge in [-0.2, -0.15) is 0 Å². The van der Waals surface area contributed by atoms with E-state index in [-0.39, 0.29) is 5.41 Å². The van der Waals surface area contributed by atoms with Gasteiger partial charge in [0, 0.05) is 38.9 Å². The maximum absolute atomic E-state index is 2.46. The Labute approximate surface area is 381 Å². The van der Waals surface area contributed by atoms with Gasteiger partial charge in [-0.25, -0.2) is 0 Å². The summed E-state index contributed by atoms with van der Waals surface area (Å²) in [6.45, 7) is 4.72. The van der Waals surface area contributed by atoms with Gasteiger partial charge in [0.05, 0.1) is 11.0 Å². The van der Waals surface area contributed by atoms with Crippen LogP contribution in [0.25, 0.3) is 83.1 Å². The fraction of sp³-hybridized carbons (Fsp3) is 0.0476. The molecule has 0 radical (unpaired) electrons. The lowest BCUT2D eigenvalue weighted by atomic mass is 9.82. The third kappa shape index (κ3) is 6.65. The second-order valence-electron chi connectivity index (χ2n) is 17.8. The molecule has 1 aliphatic rings. The Kier molecular flexibility index (Phi) is 9.21. The minimum absolute atomic E-state index is 0.0731. The van der Waals surface area contributed by atoms with Crippen LogP contribution in [0.15, 0.2) is 243 Å². The highest BCUT2D eigenvalue weighted by atomic mass is 15.1. The van der Waals surface area contributed by atoms with Gasteiger partial charge in [0.1, 0.15) is 0 Å². The van der Waals surface area contributed by atoms with Gasteiger partial charge >= 0.3 is 0 Å². The van der Waals surface area contributed by atoms with E-state index in [1.54, 1.807) is 0 Å². The zero-order valence-electron chi connectivity index (χ0n) is 36.5. The number of nitrogens with zero attached hydrogens (tertiary/aromatic N) is 2. The Hall–Kier alpha value is -8.20. The van der Waals surface area contributed by atoms with E-state index in [0.717, 1.165) is 28.3 Å². The second-order valence-corrected chi connectivity index (χ2v) is 17.8. The van der Waals surface area contributed by atoms with E-state index in [2.05, 4.69) is 266 Å². The summed E-state index contributed by atoms with van der Waals surface area (Å²) in [5.74, 6) is 0. The lowest BCUT2D eigenvalue weighted by molar-refractivity contribution is 0.661. The molecule has 2 nitrogen and oxygen atoms in total. The van der Waals surface area contributed by atoms with Crippen LogP contribution in [0.5, 0.6) is 0 Å². The van der Waals surface area contributed by atoms with Crippen molar-refractivity contribution in [1.29, 1.82) is 0 Å². The molecule has 65 heavy (non-hydrogen) atoms. The summed E-state index contributed by atoms with van der Waals surface area (Å²) in [5.41, 5.74) is 21.9. The first-order chi connectivity index (χ1) is 32.0. The van der Waals surface area contributed by atoms with Crippen molar-refractivity contribution in [2.24, 2.45) is 0 Å². The van der Waals surface area contributed by atoms with Crippen molar-refractivity contribution in [3.63, 3.8) is 0 Å². The zero-order chi connectivity index (χ0) is 43.5. The molecule has 0 amide bonds. The van der Waals surface area contributed by atoms with Crippen LogP contribution in [-0.2, 0) is 5.41 Å². The molecule has 0 bridgehead atoms. The smallest absolute Gasteiger partial charge is 0.0544 e. The van der Waals surface area contributed by atoms with Crippen molar-refractivity contribution in [3.8, 4) is 61.3 Å². The Balaban J connectivity index is 0.891. The van der Waals surface area contributed by atoms with E-state index < -0.39 is 0 Å². The summed E-state index contributed by atoms with van der Waals surface area (Å²) < 4.78 is 2.45. The van der Waals surface area contributed by atoms with Crippen molar-refractivity contribution < 1.29 is 0 Å². The quantitative estimate of drug-likeness (QED) is 0.148. The molecule has 10 aromatic carbocycles. The van der Waals surface area contributed by atoms with Crippen LogP contribution < -0.4 is 4.90 Å². The van der Waals surface area contributed by atoms with Gasteiger partial charge in [-0.3, -0.25) is 0 Å². The zero-order valence-corrected chi connectivity index (χ0v) is 36.5. The highest BCUT2D eigenvalue weighted by molar-refractivity contribution is 6.11. The monoisotopic (exact) mass is 830 g/mol. The number of hydrogen-bond acceptors (Lipinski definition) is 1. The first-order valence-electron chi connectivity index (χ1n) is 22.6. The Morgan fingerprint density at radius 1 is 0.308 bits per heavy atom. The fourth-order valence-corrected chi connectivity index (χ4v) is 10.3. The van der Waals surface area contributed by atoms with Crippen LogP contribution in [0.1, 0.15) is 25.0 Å². The number of hydrogen-bond donors (Lipinski definition) is 0. The molecule has 11 aromatic rings. The van der Waals surface area contributed by atoms with Crippen LogP contribution >= 0.6 is 0 Å². The lowest BCUT2D eigenvalue weighted by Crippen LogP contribution is -2.14. The highest BCUT2D eigenvalue weighted by Gasteiger charge is 2.36. The normalized spacial score (nSPS) is 12.6. The summed E-state index contributed by atoms with van der Waals surface area (Å²) in [4.78, 5) is 2.36. The topological polar surface area (TPSA) is 8.17 Å². The molecule has 0 spiro atoms. The van der Waals surface area contributed by atoms with Crippen molar-refractivity contribution >= 4 is 38.9 Å². The van der Waals surface area contributed by atoms with E-state index in [0.29, 0.717) is 0 Å². The van der Waals surface area contributed by atoms with Crippen molar-refractivity contribution in [2.75, 3.05) is 4.90 Å². The van der Waals surface area contributed by atoms with E-state index in [4.69, 9.17) is 0 Å². The number of aromatic nitrogens is 1. The molecule has 1 aromatic heterocycles. The predicted octanol–water partition coefficient (Wildman–Crippen LogP) is 17.2. The van der Waals surface area contributed by atoms with Gasteiger partial charge in [0.25, 0.3) is 0 Å². The summed E-state index contributed by atoms with van der Waals surface area (Å²) in [5, 5.41) is 2.57. The largest absolute Gasteiger partial charge is 0.310 e. The van der Waals surface area contributed by atoms with Gasteiger partial charge in [-0.05, 0) is 140 Å². The van der Waals surface area contributed by atoms with E-state index >= 15 is 0 Å². The number of fused-ring (bicyclic) bond motifs is 6. The summed E-state index contributed by atoms with van der Waals surface area (Å²) in [7, 11) is 0. The molecular weight excluding hydrogens is 785 g/mol. The molecule has 308 valence electrons. The van der Waals surface area contributed by atoms with Gasteiger partial charge < -0.3 is 9.47 Å². The molecule has 2 heteroatoms. The van der Waals surface area contributed by atoms with E-state index in [9.17, 15) is 0 Å². The first-order valence-corrected chi connectivity index (χ1v) is 22.6. The van der Waals surface area contributed by atoms with Crippen LogP contribution in [-0.4, -0.2) is 4.57 Å². The average molecular weight is 831 g/mol. The van der Waals surface area contributed by atoms with Gasteiger partial charge in [0.2, 0.25) is 0 Å². The number of anilines is 3. The van der Waals surface area contributed by atoms with Crippen molar-refractivity contribution in [3.05, 3.63) is 254 Å². The first kappa shape index (κ1) is 38.5. The molecular formula is C63H46N2. The number of para-hydroxylation sites is 1. The molecule has 1 heterocycles.